The first kappa shape index (κ1) is 21.1. The molecule has 7 nitrogen and oxygen atoms in total. The van der Waals surface area contributed by atoms with Crippen molar-refractivity contribution < 1.29 is 23.8 Å². The first-order valence-corrected chi connectivity index (χ1v) is 9.10. The second-order valence-electron chi connectivity index (χ2n) is 5.95. The third-order valence-corrected chi connectivity index (χ3v) is 3.93. The van der Waals surface area contributed by atoms with Crippen molar-refractivity contribution in [3.05, 3.63) is 47.5 Å². The fourth-order valence-corrected chi connectivity index (χ4v) is 2.57. The van der Waals surface area contributed by atoms with Crippen LogP contribution in [0.2, 0.25) is 0 Å². The van der Waals surface area contributed by atoms with Crippen LogP contribution in [0, 0.1) is 6.92 Å². The van der Waals surface area contributed by atoms with Gasteiger partial charge in [-0.05, 0) is 50.6 Å². The fraction of sp³-hybridized carbons (Fsp3) is 0.333. The summed E-state index contributed by atoms with van der Waals surface area (Å²) in [6.45, 7) is 6.74. The number of carbonyl (C=O) groups excluding carboxylic acids is 2. The predicted molar refractivity (Wildman–Crippen MR) is 108 cm³/mol. The van der Waals surface area contributed by atoms with Crippen LogP contribution in [0.25, 0.3) is 0 Å². The number of ether oxygens (including phenoxy) is 3. The maximum atomic E-state index is 12.3. The van der Waals surface area contributed by atoms with Crippen LogP contribution in [0.3, 0.4) is 0 Å². The molecule has 0 aromatic heterocycles. The lowest BCUT2D eigenvalue weighted by atomic mass is 10.1. The molecule has 2 N–H and O–H groups in total. The van der Waals surface area contributed by atoms with Gasteiger partial charge >= 0.3 is 5.97 Å². The van der Waals surface area contributed by atoms with Gasteiger partial charge in [-0.25, -0.2) is 4.79 Å². The number of benzene rings is 2. The summed E-state index contributed by atoms with van der Waals surface area (Å²) in [4.78, 5) is 24.0. The van der Waals surface area contributed by atoms with Gasteiger partial charge in [0.1, 0.15) is 0 Å². The lowest BCUT2D eigenvalue weighted by Crippen LogP contribution is -2.22. The molecule has 2 rings (SSSR count). The van der Waals surface area contributed by atoms with Gasteiger partial charge in [-0.3, -0.25) is 4.79 Å². The molecule has 0 fully saturated rings. The molecule has 0 heterocycles. The van der Waals surface area contributed by atoms with Gasteiger partial charge in [0, 0.05) is 17.4 Å². The van der Waals surface area contributed by atoms with Crippen molar-refractivity contribution in [1.29, 1.82) is 0 Å². The van der Waals surface area contributed by atoms with Gasteiger partial charge in [-0.2, -0.15) is 0 Å². The minimum atomic E-state index is -0.426. The number of anilines is 2. The number of methoxy groups -OCH3 is 1. The second-order valence-corrected chi connectivity index (χ2v) is 5.95. The minimum absolute atomic E-state index is 0.0443. The summed E-state index contributed by atoms with van der Waals surface area (Å²) < 4.78 is 15.8. The standard InChI is InChI=1S/C21H26N2O5/c1-5-27-18-10-9-16(12-19(18)28-6-2)23-20(24)13-22-17-11-15(21(25)26-4)8-7-14(17)3/h7-12,22H,5-6,13H2,1-4H3,(H,23,24). The van der Waals surface area contributed by atoms with E-state index in [9.17, 15) is 9.59 Å². The van der Waals surface area contributed by atoms with E-state index in [2.05, 4.69) is 10.6 Å². The van der Waals surface area contributed by atoms with Crippen molar-refractivity contribution in [2.45, 2.75) is 20.8 Å². The average molecular weight is 386 g/mol. The predicted octanol–water partition coefficient (Wildman–Crippen LogP) is 3.63. The summed E-state index contributed by atoms with van der Waals surface area (Å²) in [5, 5.41) is 5.87. The molecule has 0 aliphatic carbocycles. The van der Waals surface area contributed by atoms with Crippen molar-refractivity contribution in [2.75, 3.05) is 37.5 Å². The van der Waals surface area contributed by atoms with Crippen LogP contribution in [-0.4, -0.2) is 38.7 Å². The highest BCUT2D eigenvalue weighted by Gasteiger charge is 2.11. The zero-order valence-electron chi connectivity index (χ0n) is 16.6. The van der Waals surface area contributed by atoms with Crippen LogP contribution in [0.5, 0.6) is 11.5 Å². The molecule has 0 saturated carbocycles. The molecule has 0 aliphatic heterocycles. The van der Waals surface area contributed by atoms with Gasteiger partial charge in [0.25, 0.3) is 0 Å². The number of hydrogen-bond donors (Lipinski definition) is 2. The molecule has 0 spiro atoms. The van der Waals surface area contributed by atoms with E-state index in [1.807, 2.05) is 20.8 Å². The normalized spacial score (nSPS) is 10.1. The Morgan fingerprint density at radius 2 is 1.68 bits per heavy atom. The summed E-state index contributed by atoms with van der Waals surface area (Å²) in [6, 6.07) is 10.4. The Labute approximate surface area is 165 Å². The van der Waals surface area contributed by atoms with Crippen LogP contribution in [-0.2, 0) is 9.53 Å². The molecular formula is C21H26N2O5. The largest absolute Gasteiger partial charge is 0.490 e. The smallest absolute Gasteiger partial charge is 0.337 e. The van der Waals surface area contributed by atoms with Crippen molar-refractivity contribution in [3.8, 4) is 11.5 Å². The molecule has 2 aromatic carbocycles. The Hall–Kier alpha value is -3.22. The molecular weight excluding hydrogens is 360 g/mol. The number of esters is 1. The van der Waals surface area contributed by atoms with Gasteiger partial charge in [0.2, 0.25) is 5.91 Å². The average Bonchev–Trinajstić information content (AvgIpc) is 2.69. The van der Waals surface area contributed by atoms with E-state index < -0.39 is 5.97 Å². The molecule has 28 heavy (non-hydrogen) atoms. The highest BCUT2D eigenvalue weighted by atomic mass is 16.5. The third kappa shape index (κ3) is 5.64. The number of amides is 1. The molecule has 7 heteroatoms. The van der Waals surface area contributed by atoms with Gasteiger partial charge in [0.15, 0.2) is 11.5 Å². The van der Waals surface area contributed by atoms with Gasteiger partial charge in [0.05, 0.1) is 32.4 Å². The fourth-order valence-electron chi connectivity index (χ4n) is 2.57. The number of nitrogens with one attached hydrogen (secondary N) is 2. The first-order chi connectivity index (χ1) is 13.5. The molecule has 0 atom stereocenters. The van der Waals surface area contributed by atoms with E-state index in [-0.39, 0.29) is 12.5 Å². The van der Waals surface area contributed by atoms with Crippen LogP contribution in [0.4, 0.5) is 11.4 Å². The van der Waals surface area contributed by atoms with Crippen molar-refractivity contribution in [3.63, 3.8) is 0 Å². The molecule has 0 aliphatic rings. The van der Waals surface area contributed by atoms with E-state index >= 15 is 0 Å². The van der Waals surface area contributed by atoms with E-state index in [1.165, 1.54) is 7.11 Å². The lowest BCUT2D eigenvalue weighted by Gasteiger charge is -2.14. The van der Waals surface area contributed by atoms with Crippen molar-refractivity contribution >= 4 is 23.3 Å². The van der Waals surface area contributed by atoms with Crippen LogP contribution in [0.1, 0.15) is 29.8 Å². The van der Waals surface area contributed by atoms with Gasteiger partial charge in [-0.15, -0.1) is 0 Å². The SMILES string of the molecule is CCOc1ccc(NC(=O)CNc2cc(C(=O)OC)ccc2C)cc1OCC. The Morgan fingerprint density at radius 1 is 0.964 bits per heavy atom. The zero-order chi connectivity index (χ0) is 20.5. The lowest BCUT2D eigenvalue weighted by molar-refractivity contribution is -0.114. The highest BCUT2D eigenvalue weighted by molar-refractivity contribution is 5.95. The molecule has 0 unspecified atom stereocenters. The number of carbonyl (C=O) groups is 2. The molecule has 0 bridgehead atoms. The molecule has 0 radical (unpaired) electrons. The van der Waals surface area contributed by atoms with Crippen LogP contribution >= 0.6 is 0 Å². The van der Waals surface area contributed by atoms with Gasteiger partial charge in [-0.1, -0.05) is 6.07 Å². The minimum Gasteiger partial charge on any atom is -0.490 e. The highest BCUT2D eigenvalue weighted by Crippen LogP contribution is 2.30. The summed E-state index contributed by atoms with van der Waals surface area (Å²) >= 11 is 0. The molecule has 1 amide bonds. The van der Waals surface area contributed by atoms with E-state index in [1.54, 1.807) is 36.4 Å². The summed E-state index contributed by atoms with van der Waals surface area (Å²) in [6.07, 6.45) is 0. The Balaban J connectivity index is 2.03. The molecule has 2 aromatic rings. The number of hydrogen-bond acceptors (Lipinski definition) is 6. The van der Waals surface area contributed by atoms with E-state index in [0.29, 0.717) is 41.7 Å². The quantitative estimate of drug-likeness (QED) is 0.640. The maximum Gasteiger partial charge on any atom is 0.337 e. The van der Waals surface area contributed by atoms with Crippen molar-refractivity contribution in [2.24, 2.45) is 0 Å². The molecule has 0 saturated heterocycles. The van der Waals surface area contributed by atoms with Crippen molar-refractivity contribution in [1.82, 2.24) is 0 Å². The number of rotatable bonds is 9. The third-order valence-electron chi connectivity index (χ3n) is 3.93. The topological polar surface area (TPSA) is 85.9 Å². The number of aryl methyl sites for hydroxylation is 1. The van der Waals surface area contributed by atoms with Crippen LogP contribution < -0.4 is 20.1 Å². The second kappa shape index (κ2) is 10.2. The monoisotopic (exact) mass is 386 g/mol. The Kier molecular flexibility index (Phi) is 7.68. The summed E-state index contributed by atoms with van der Waals surface area (Å²) in [5.74, 6) is 0.562. The van der Waals surface area contributed by atoms with Gasteiger partial charge < -0.3 is 24.8 Å². The van der Waals surface area contributed by atoms with Crippen LogP contribution in [0.15, 0.2) is 36.4 Å². The Bertz CT molecular complexity index is 836. The van der Waals surface area contributed by atoms with E-state index in [0.717, 1.165) is 5.56 Å². The molecule has 150 valence electrons. The summed E-state index contributed by atoms with van der Waals surface area (Å²) in [5.41, 5.74) is 2.64. The maximum absolute atomic E-state index is 12.3. The summed E-state index contributed by atoms with van der Waals surface area (Å²) in [7, 11) is 1.33. The Morgan fingerprint density at radius 3 is 2.36 bits per heavy atom. The first-order valence-electron chi connectivity index (χ1n) is 9.10. The zero-order valence-corrected chi connectivity index (χ0v) is 16.6. The van der Waals surface area contributed by atoms with E-state index in [4.69, 9.17) is 14.2 Å².